The average Bonchev–Trinajstić information content (AvgIpc) is 2.30. The van der Waals surface area contributed by atoms with Crippen molar-refractivity contribution in [2.75, 3.05) is 13.2 Å². The van der Waals surface area contributed by atoms with Gasteiger partial charge < -0.3 is 5.11 Å². The van der Waals surface area contributed by atoms with E-state index >= 15 is 0 Å². The monoisotopic (exact) mass is 266 g/mol. The summed E-state index contributed by atoms with van der Waals surface area (Å²) in [7, 11) is -3.49. The van der Waals surface area contributed by atoms with E-state index in [-0.39, 0.29) is 5.41 Å². The van der Waals surface area contributed by atoms with Gasteiger partial charge in [-0.1, -0.05) is 27.7 Å². The maximum absolute atomic E-state index is 12.1. The molecule has 0 aromatic carbocycles. The largest absolute Gasteiger partial charge is 0.475 e. The molecule has 1 N–H and O–H groups in total. The van der Waals surface area contributed by atoms with Crippen molar-refractivity contribution in [2.24, 2.45) is 5.41 Å². The standard InChI is InChI=1S/C11H23O5P/c1-5-9(12)10(6-2)16-17(13)14-7-11(3,4)8-15-17/h9-10,12H,5-8H2,1-4H3. The van der Waals surface area contributed by atoms with E-state index in [4.69, 9.17) is 13.6 Å². The molecule has 1 saturated heterocycles. The van der Waals surface area contributed by atoms with E-state index in [0.717, 1.165) is 0 Å². The molecule has 0 aromatic heterocycles. The van der Waals surface area contributed by atoms with Crippen LogP contribution in [0.25, 0.3) is 0 Å². The molecule has 0 radical (unpaired) electrons. The average molecular weight is 266 g/mol. The summed E-state index contributed by atoms with van der Waals surface area (Å²) in [4.78, 5) is 0. The van der Waals surface area contributed by atoms with Gasteiger partial charge in [0.05, 0.1) is 25.4 Å². The lowest BCUT2D eigenvalue weighted by molar-refractivity contribution is -0.0403. The minimum absolute atomic E-state index is 0.150. The van der Waals surface area contributed by atoms with E-state index in [1.165, 1.54) is 0 Å². The SMILES string of the molecule is CCC(O)C(CC)OP1(=O)OCC(C)(C)CO1. The second-order valence-electron chi connectivity index (χ2n) is 5.19. The Morgan fingerprint density at radius 1 is 1.29 bits per heavy atom. The van der Waals surface area contributed by atoms with Gasteiger partial charge in [-0.3, -0.25) is 13.6 Å². The summed E-state index contributed by atoms with van der Waals surface area (Å²) in [5.41, 5.74) is -0.150. The van der Waals surface area contributed by atoms with Gasteiger partial charge in [-0.25, -0.2) is 4.57 Å². The van der Waals surface area contributed by atoms with Gasteiger partial charge in [-0.15, -0.1) is 0 Å². The zero-order chi connectivity index (χ0) is 13.1. The molecule has 0 saturated carbocycles. The van der Waals surface area contributed by atoms with Gasteiger partial charge in [0.2, 0.25) is 0 Å². The smallest absolute Gasteiger partial charge is 0.390 e. The summed E-state index contributed by atoms with van der Waals surface area (Å²) >= 11 is 0. The molecule has 0 aromatic rings. The maximum atomic E-state index is 12.1. The van der Waals surface area contributed by atoms with Crippen LogP contribution in [0.5, 0.6) is 0 Å². The maximum Gasteiger partial charge on any atom is 0.475 e. The fourth-order valence-corrected chi connectivity index (χ4v) is 3.33. The van der Waals surface area contributed by atoms with Gasteiger partial charge in [0.1, 0.15) is 0 Å². The molecular formula is C11H23O5P. The second-order valence-corrected chi connectivity index (χ2v) is 6.81. The Morgan fingerprint density at radius 2 is 1.82 bits per heavy atom. The number of aliphatic hydroxyl groups excluding tert-OH is 1. The van der Waals surface area contributed by atoms with Crippen molar-refractivity contribution in [3.63, 3.8) is 0 Å². The molecular weight excluding hydrogens is 243 g/mol. The molecule has 17 heavy (non-hydrogen) atoms. The van der Waals surface area contributed by atoms with Crippen LogP contribution in [0.2, 0.25) is 0 Å². The van der Waals surface area contributed by atoms with Crippen molar-refractivity contribution in [1.29, 1.82) is 0 Å². The van der Waals surface area contributed by atoms with E-state index in [1.807, 2.05) is 27.7 Å². The Labute approximate surface area is 103 Å². The fourth-order valence-electron chi connectivity index (χ4n) is 1.49. The third-order valence-corrected chi connectivity index (χ3v) is 4.16. The summed E-state index contributed by atoms with van der Waals surface area (Å²) in [6, 6.07) is 0. The highest BCUT2D eigenvalue weighted by Gasteiger charge is 2.40. The Bertz CT molecular complexity index is 278. The molecule has 0 amide bonds. The molecule has 1 aliphatic heterocycles. The van der Waals surface area contributed by atoms with Crippen molar-refractivity contribution < 1.29 is 23.2 Å². The molecule has 2 unspecified atom stereocenters. The minimum Gasteiger partial charge on any atom is -0.390 e. The molecule has 5 nitrogen and oxygen atoms in total. The molecule has 102 valence electrons. The molecule has 0 bridgehead atoms. The molecule has 1 fully saturated rings. The number of phosphoric acid groups is 1. The molecule has 0 spiro atoms. The van der Waals surface area contributed by atoms with Crippen LogP contribution in [0.15, 0.2) is 0 Å². The predicted molar refractivity (Wildman–Crippen MR) is 64.8 cm³/mol. The van der Waals surface area contributed by atoms with Crippen LogP contribution in [0.3, 0.4) is 0 Å². The Balaban J connectivity index is 2.58. The third kappa shape index (κ3) is 4.34. The first-order chi connectivity index (χ1) is 7.82. The number of aliphatic hydroxyl groups is 1. The molecule has 6 heteroatoms. The van der Waals surface area contributed by atoms with Crippen LogP contribution in [-0.2, 0) is 18.1 Å². The predicted octanol–water partition coefficient (Wildman–Crippen LogP) is 2.73. The number of phosphoric ester groups is 1. The van der Waals surface area contributed by atoms with E-state index in [9.17, 15) is 9.67 Å². The van der Waals surface area contributed by atoms with E-state index < -0.39 is 20.0 Å². The molecule has 1 aliphatic rings. The van der Waals surface area contributed by atoms with Crippen LogP contribution < -0.4 is 0 Å². The highest BCUT2D eigenvalue weighted by atomic mass is 31.2. The quantitative estimate of drug-likeness (QED) is 0.775. The van der Waals surface area contributed by atoms with Gasteiger partial charge in [-0.05, 0) is 12.8 Å². The first kappa shape index (κ1) is 15.1. The van der Waals surface area contributed by atoms with Crippen molar-refractivity contribution >= 4 is 7.82 Å². The topological polar surface area (TPSA) is 65.0 Å². The van der Waals surface area contributed by atoms with Gasteiger partial charge in [-0.2, -0.15) is 0 Å². The second kappa shape index (κ2) is 5.81. The fraction of sp³-hybridized carbons (Fsp3) is 1.00. The number of hydrogen-bond donors (Lipinski definition) is 1. The Hall–Kier alpha value is 0.0700. The summed E-state index contributed by atoms with van der Waals surface area (Å²) < 4.78 is 27.9. The molecule has 0 aliphatic carbocycles. The minimum atomic E-state index is -3.49. The number of rotatable bonds is 5. The molecule has 1 heterocycles. The lowest BCUT2D eigenvalue weighted by Crippen LogP contribution is -2.33. The van der Waals surface area contributed by atoms with Crippen LogP contribution in [0, 0.1) is 5.41 Å². The van der Waals surface area contributed by atoms with Crippen LogP contribution in [-0.4, -0.2) is 30.5 Å². The van der Waals surface area contributed by atoms with Crippen molar-refractivity contribution in [2.45, 2.75) is 52.7 Å². The highest BCUT2D eigenvalue weighted by Crippen LogP contribution is 2.55. The summed E-state index contributed by atoms with van der Waals surface area (Å²) in [5.74, 6) is 0. The Morgan fingerprint density at radius 3 is 2.24 bits per heavy atom. The molecule has 2 atom stereocenters. The first-order valence-electron chi connectivity index (χ1n) is 6.07. The lowest BCUT2D eigenvalue weighted by atomic mass is 9.97. The normalized spacial score (nSPS) is 26.4. The van der Waals surface area contributed by atoms with E-state index in [1.54, 1.807) is 0 Å². The van der Waals surface area contributed by atoms with Gasteiger partial charge in [0.25, 0.3) is 0 Å². The Kier molecular flexibility index (Phi) is 5.17. The lowest BCUT2D eigenvalue weighted by Gasteiger charge is -2.35. The van der Waals surface area contributed by atoms with E-state index in [0.29, 0.717) is 26.1 Å². The van der Waals surface area contributed by atoms with Crippen molar-refractivity contribution in [3.05, 3.63) is 0 Å². The van der Waals surface area contributed by atoms with Crippen LogP contribution in [0.4, 0.5) is 0 Å². The van der Waals surface area contributed by atoms with Crippen molar-refractivity contribution in [1.82, 2.24) is 0 Å². The van der Waals surface area contributed by atoms with Crippen molar-refractivity contribution in [3.8, 4) is 0 Å². The van der Waals surface area contributed by atoms with Gasteiger partial charge in [0, 0.05) is 5.41 Å². The summed E-state index contributed by atoms with van der Waals surface area (Å²) in [5, 5.41) is 9.71. The van der Waals surface area contributed by atoms with E-state index in [2.05, 4.69) is 0 Å². The first-order valence-corrected chi connectivity index (χ1v) is 7.53. The summed E-state index contributed by atoms with van der Waals surface area (Å²) in [6.07, 6.45) is -0.0425. The summed E-state index contributed by atoms with van der Waals surface area (Å²) in [6.45, 7) is 8.32. The van der Waals surface area contributed by atoms with Crippen LogP contribution in [0.1, 0.15) is 40.5 Å². The van der Waals surface area contributed by atoms with Gasteiger partial charge >= 0.3 is 7.82 Å². The van der Waals surface area contributed by atoms with Gasteiger partial charge in [0.15, 0.2) is 0 Å². The zero-order valence-electron chi connectivity index (χ0n) is 11.0. The van der Waals surface area contributed by atoms with Crippen LogP contribution >= 0.6 is 7.82 Å². The highest BCUT2D eigenvalue weighted by molar-refractivity contribution is 7.48. The third-order valence-electron chi connectivity index (χ3n) is 2.74. The number of hydrogen-bond acceptors (Lipinski definition) is 5. The zero-order valence-corrected chi connectivity index (χ0v) is 11.9. The molecule has 1 rings (SSSR count).